The molecule has 1 amide bonds. The molecular formula is C22H34FN2O9P. The van der Waals surface area contributed by atoms with Gasteiger partial charge in [0.15, 0.2) is 0 Å². The topological polar surface area (TPSA) is 149 Å². The van der Waals surface area contributed by atoms with Crippen LogP contribution in [0.4, 0.5) is 4.39 Å². The molecule has 1 aromatic rings. The van der Waals surface area contributed by atoms with Gasteiger partial charge in [0.05, 0.1) is 26.2 Å². The maximum absolute atomic E-state index is 13.6. The van der Waals surface area contributed by atoms with Gasteiger partial charge in [0.25, 0.3) is 0 Å². The highest BCUT2D eigenvalue weighted by atomic mass is 31.2. The number of nitrogens with one attached hydrogen (secondary N) is 2. The van der Waals surface area contributed by atoms with E-state index in [4.69, 9.17) is 18.5 Å². The van der Waals surface area contributed by atoms with E-state index in [2.05, 4.69) is 10.4 Å². The first-order valence-corrected chi connectivity index (χ1v) is 12.6. The van der Waals surface area contributed by atoms with Crippen molar-refractivity contribution in [1.82, 2.24) is 10.4 Å². The molecule has 11 nitrogen and oxygen atoms in total. The Labute approximate surface area is 204 Å². The number of carbonyl (C=O) groups excluding carboxylic acids is 3. The second-order valence-corrected chi connectivity index (χ2v) is 9.85. The Kier molecular flexibility index (Phi) is 12.3. The van der Waals surface area contributed by atoms with Gasteiger partial charge in [-0.05, 0) is 32.9 Å². The fourth-order valence-electron chi connectivity index (χ4n) is 2.61. The number of hydrogen-bond donors (Lipinski definition) is 3. The Morgan fingerprint density at radius 3 is 2.43 bits per heavy atom. The number of esters is 2. The predicted octanol–water partition coefficient (Wildman–Crippen LogP) is 2.33. The molecule has 0 heterocycles. The summed E-state index contributed by atoms with van der Waals surface area (Å²) in [4.78, 5) is 35.7. The van der Waals surface area contributed by atoms with Gasteiger partial charge >= 0.3 is 19.7 Å². The summed E-state index contributed by atoms with van der Waals surface area (Å²) in [5.74, 6) is -2.78. The number of benzene rings is 1. The summed E-state index contributed by atoms with van der Waals surface area (Å²) in [5.41, 5.74) is -1.29. The van der Waals surface area contributed by atoms with E-state index in [1.165, 1.54) is 32.9 Å². The Morgan fingerprint density at radius 2 is 1.83 bits per heavy atom. The highest BCUT2D eigenvalue weighted by molar-refractivity contribution is 7.52. The normalized spacial score (nSPS) is 14.8. The molecule has 0 bridgehead atoms. The van der Waals surface area contributed by atoms with Gasteiger partial charge in [0.1, 0.15) is 23.7 Å². The lowest BCUT2D eigenvalue weighted by Gasteiger charge is -2.31. The molecule has 0 saturated heterocycles. The lowest BCUT2D eigenvalue weighted by atomic mass is 9.87. The Morgan fingerprint density at radius 1 is 1.17 bits per heavy atom. The molecule has 0 saturated carbocycles. The molecule has 35 heavy (non-hydrogen) atoms. The van der Waals surface area contributed by atoms with Crippen molar-refractivity contribution in [2.45, 2.75) is 53.2 Å². The third-order valence-electron chi connectivity index (χ3n) is 4.54. The van der Waals surface area contributed by atoms with E-state index in [1.54, 1.807) is 13.8 Å². The summed E-state index contributed by atoms with van der Waals surface area (Å²) in [6, 6.07) is 3.69. The van der Waals surface area contributed by atoms with Gasteiger partial charge in [-0.2, -0.15) is 5.09 Å². The smallest absolute Gasteiger partial charge is 0.459 e. The molecule has 0 fully saturated rings. The molecule has 0 aliphatic heterocycles. The van der Waals surface area contributed by atoms with Crippen molar-refractivity contribution in [3.63, 3.8) is 0 Å². The molecule has 0 aliphatic carbocycles. The number of ether oxygens (including phenoxy) is 2. The van der Waals surface area contributed by atoms with Crippen molar-refractivity contribution < 1.29 is 47.0 Å². The summed E-state index contributed by atoms with van der Waals surface area (Å²) < 4.78 is 47.5. The van der Waals surface area contributed by atoms with E-state index in [-0.39, 0.29) is 31.9 Å². The van der Waals surface area contributed by atoms with Gasteiger partial charge in [-0.25, -0.2) is 8.96 Å². The first-order valence-electron chi connectivity index (χ1n) is 11.1. The van der Waals surface area contributed by atoms with E-state index in [0.29, 0.717) is 0 Å². The molecule has 3 N–H and O–H groups in total. The van der Waals surface area contributed by atoms with Crippen LogP contribution in [0, 0.1) is 11.2 Å². The van der Waals surface area contributed by atoms with Crippen LogP contribution in [0.5, 0.6) is 5.75 Å². The van der Waals surface area contributed by atoms with Crippen molar-refractivity contribution in [2.24, 2.45) is 5.41 Å². The standard InChI is InChI=1S/C22H34FN2O9P/c1-6-31-18(26)11-12-24-20(28)19(27)22(4,5)14-33-35(30,25-15(3)21(29)32-7-2)34-17-10-8-9-16(23)13-17/h8-10,13,15,19,27H,6-7,11-12,14H2,1-5H3,(H,24,28)(H,25,30). The minimum atomic E-state index is -4.32. The second-order valence-electron chi connectivity index (χ2n) is 8.16. The molecule has 13 heteroatoms. The lowest BCUT2D eigenvalue weighted by molar-refractivity contribution is -0.145. The van der Waals surface area contributed by atoms with Crippen LogP contribution in [-0.4, -0.2) is 61.5 Å². The number of carbonyl (C=O) groups is 3. The summed E-state index contributed by atoms with van der Waals surface area (Å²) in [6.07, 6.45) is -1.69. The summed E-state index contributed by atoms with van der Waals surface area (Å²) in [5, 5.41) is 15.3. The zero-order chi connectivity index (χ0) is 26.6. The molecule has 0 aliphatic rings. The van der Waals surface area contributed by atoms with Crippen molar-refractivity contribution in [3.8, 4) is 5.75 Å². The first-order chi connectivity index (χ1) is 16.3. The molecule has 198 valence electrons. The molecule has 0 radical (unpaired) electrons. The van der Waals surface area contributed by atoms with Crippen LogP contribution in [-0.2, 0) is 32.9 Å². The van der Waals surface area contributed by atoms with Crippen molar-refractivity contribution in [1.29, 1.82) is 0 Å². The maximum atomic E-state index is 13.6. The molecule has 0 aromatic heterocycles. The van der Waals surface area contributed by atoms with Gasteiger partial charge < -0.3 is 24.4 Å². The van der Waals surface area contributed by atoms with Crippen LogP contribution in [0.1, 0.15) is 41.0 Å². The molecule has 3 atom stereocenters. The van der Waals surface area contributed by atoms with Crippen LogP contribution in [0.25, 0.3) is 0 Å². The third kappa shape index (κ3) is 10.7. The number of rotatable bonds is 15. The van der Waals surface area contributed by atoms with Crippen LogP contribution >= 0.6 is 7.75 Å². The summed E-state index contributed by atoms with van der Waals surface area (Å²) in [6.45, 7) is 7.37. The minimum absolute atomic E-state index is 0.0501. The van der Waals surface area contributed by atoms with Crippen molar-refractivity contribution in [2.75, 3.05) is 26.4 Å². The average Bonchev–Trinajstić information content (AvgIpc) is 2.77. The molecule has 0 spiro atoms. The Balaban J connectivity index is 2.90. The number of aliphatic hydroxyl groups excluding tert-OH is 1. The molecule has 1 aromatic carbocycles. The quantitative estimate of drug-likeness (QED) is 0.232. The van der Waals surface area contributed by atoms with Crippen LogP contribution < -0.4 is 14.9 Å². The fraction of sp³-hybridized carbons (Fsp3) is 0.591. The van der Waals surface area contributed by atoms with Crippen LogP contribution in [0.3, 0.4) is 0 Å². The van der Waals surface area contributed by atoms with Crippen LogP contribution in [0.15, 0.2) is 24.3 Å². The van der Waals surface area contributed by atoms with E-state index in [9.17, 15) is 28.4 Å². The SMILES string of the molecule is CCOC(=O)CCNC(=O)C(O)C(C)(C)COP(=O)(NC(C)C(=O)OCC)Oc1cccc(F)c1. The Bertz CT molecular complexity index is 913. The van der Waals surface area contributed by atoms with Gasteiger partial charge in [-0.1, -0.05) is 19.9 Å². The summed E-state index contributed by atoms with van der Waals surface area (Å²) >= 11 is 0. The third-order valence-corrected chi connectivity index (χ3v) is 6.17. The number of hydrogen-bond acceptors (Lipinski definition) is 9. The first kappa shape index (κ1) is 30.5. The van der Waals surface area contributed by atoms with Crippen molar-refractivity contribution >= 4 is 25.6 Å². The van der Waals surface area contributed by atoms with E-state index < -0.39 is 55.6 Å². The number of halogens is 1. The minimum Gasteiger partial charge on any atom is -0.466 e. The van der Waals surface area contributed by atoms with Crippen LogP contribution in [0.2, 0.25) is 0 Å². The van der Waals surface area contributed by atoms with Crippen molar-refractivity contribution in [3.05, 3.63) is 30.1 Å². The predicted molar refractivity (Wildman–Crippen MR) is 124 cm³/mol. The molecule has 3 unspecified atom stereocenters. The molecular weight excluding hydrogens is 486 g/mol. The zero-order valence-corrected chi connectivity index (χ0v) is 21.4. The van der Waals surface area contributed by atoms with Gasteiger partial charge in [0, 0.05) is 18.0 Å². The molecule has 1 rings (SSSR count). The second kappa shape index (κ2) is 14.1. The largest absolute Gasteiger partial charge is 0.466 e. The van der Waals surface area contributed by atoms with E-state index in [0.717, 1.165) is 12.1 Å². The highest BCUT2D eigenvalue weighted by Gasteiger charge is 2.39. The highest BCUT2D eigenvalue weighted by Crippen LogP contribution is 2.46. The average molecular weight is 520 g/mol. The van der Waals surface area contributed by atoms with Gasteiger partial charge in [-0.15, -0.1) is 0 Å². The summed E-state index contributed by atoms with van der Waals surface area (Å²) in [7, 11) is -4.32. The Hall–Kier alpha value is -2.53. The monoisotopic (exact) mass is 520 g/mol. The zero-order valence-electron chi connectivity index (χ0n) is 20.5. The van der Waals surface area contributed by atoms with E-state index in [1.807, 2.05) is 0 Å². The van der Waals surface area contributed by atoms with Gasteiger partial charge in [-0.3, -0.25) is 18.9 Å². The van der Waals surface area contributed by atoms with E-state index >= 15 is 0 Å². The van der Waals surface area contributed by atoms with Gasteiger partial charge in [0.2, 0.25) is 5.91 Å². The lowest BCUT2D eigenvalue weighted by Crippen LogP contribution is -2.46. The maximum Gasteiger partial charge on any atom is 0.459 e. The number of amides is 1. The number of aliphatic hydroxyl groups is 1. The fourth-order valence-corrected chi connectivity index (χ4v) is 4.27.